The van der Waals surface area contributed by atoms with Crippen molar-refractivity contribution in [3.05, 3.63) is 54.2 Å². The SMILES string of the molecule is Cc1cc2n(n1)CCC(C)N2C(=O)CCC(=O)Nc1ccc(-c2ccccc2)nn1. The number of hydrogen-bond donors (Lipinski definition) is 1. The van der Waals surface area contributed by atoms with Gasteiger partial charge in [0.2, 0.25) is 11.8 Å². The zero-order valence-electron chi connectivity index (χ0n) is 17.1. The monoisotopic (exact) mass is 404 g/mol. The van der Waals surface area contributed by atoms with Crippen molar-refractivity contribution in [3.8, 4) is 11.3 Å². The molecule has 0 radical (unpaired) electrons. The van der Waals surface area contributed by atoms with Crippen LogP contribution in [0.2, 0.25) is 0 Å². The summed E-state index contributed by atoms with van der Waals surface area (Å²) in [6.07, 6.45) is 1.04. The number of aromatic nitrogens is 4. The molecule has 0 fully saturated rings. The van der Waals surface area contributed by atoms with Crippen LogP contribution in [0.5, 0.6) is 0 Å². The van der Waals surface area contributed by atoms with Gasteiger partial charge < -0.3 is 5.32 Å². The molecule has 0 bridgehead atoms. The Balaban J connectivity index is 1.34. The van der Waals surface area contributed by atoms with Crippen LogP contribution < -0.4 is 10.2 Å². The van der Waals surface area contributed by atoms with E-state index in [1.54, 1.807) is 11.0 Å². The third-order valence-electron chi connectivity index (χ3n) is 5.16. The molecule has 1 unspecified atom stereocenters. The first-order valence-corrected chi connectivity index (χ1v) is 10.1. The quantitative estimate of drug-likeness (QED) is 0.705. The van der Waals surface area contributed by atoms with Crippen LogP contribution in [-0.4, -0.2) is 37.8 Å². The Morgan fingerprint density at radius 1 is 1.10 bits per heavy atom. The van der Waals surface area contributed by atoms with Crippen LogP contribution >= 0.6 is 0 Å². The molecule has 1 atom stereocenters. The average Bonchev–Trinajstić information content (AvgIpc) is 3.13. The molecule has 1 aliphatic rings. The number of nitrogens with zero attached hydrogens (tertiary/aromatic N) is 5. The molecule has 1 aliphatic heterocycles. The summed E-state index contributed by atoms with van der Waals surface area (Å²) in [6, 6.07) is 15.2. The fourth-order valence-electron chi connectivity index (χ4n) is 3.64. The van der Waals surface area contributed by atoms with Crippen LogP contribution in [-0.2, 0) is 16.1 Å². The van der Waals surface area contributed by atoms with E-state index in [2.05, 4.69) is 20.6 Å². The lowest BCUT2D eigenvalue weighted by molar-refractivity contribution is -0.123. The van der Waals surface area contributed by atoms with Gasteiger partial charge in [0, 0.05) is 37.1 Å². The number of rotatable bonds is 5. The highest BCUT2D eigenvalue weighted by Crippen LogP contribution is 2.27. The molecule has 8 heteroatoms. The Morgan fingerprint density at radius 3 is 2.63 bits per heavy atom. The minimum absolute atomic E-state index is 0.0796. The number of fused-ring (bicyclic) bond motifs is 1. The van der Waals surface area contributed by atoms with E-state index in [1.165, 1.54) is 0 Å². The summed E-state index contributed by atoms with van der Waals surface area (Å²) in [5.41, 5.74) is 2.57. The highest BCUT2D eigenvalue weighted by Gasteiger charge is 2.29. The number of hydrogen-bond acceptors (Lipinski definition) is 5. The second kappa shape index (κ2) is 8.44. The normalized spacial score (nSPS) is 15.5. The minimum Gasteiger partial charge on any atom is -0.309 e. The van der Waals surface area contributed by atoms with Crippen molar-refractivity contribution in [3.63, 3.8) is 0 Å². The predicted molar refractivity (Wildman–Crippen MR) is 114 cm³/mol. The molecule has 154 valence electrons. The smallest absolute Gasteiger partial charge is 0.228 e. The first-order chi connectivity index (χ1) is 14.5. The van der Waals surface area contributed by atoms with Gasteiger partial charge in [-0.05, 0) is 32.4 Å². The molecule has 1 N–H and O–H groups in total. The number of benzene rings is 1. The molecule has 30 heavy (non-hydrogen) atoms. The van der Waals surface area contributed by atoms with E-state index in [9.17, 15) is 9.59 Å². The topological polar surface area (TPSA) is 93.0 Å². The summed E-state index contributed by atoms with van der Waals surface area (Å²) in [7, 11) is 0. The molecule has 3 heterocycles. The molecule has 0 saturated heterocycles. The maximum atomic E-state index is 12.8. The lowest BCUT2D eigenvalue weighted by Crippen LogP contribution is -2.44. The molecule has 3 aromatic rings. The number of aryl methyl sites for hydroxylation is 2. The van der Waals surface area contributed by atoms with E-state index in [0.29, 0.717) is 5.82 Å². The third kappa shape index (κ3) is 4.22. The summed E-state index contributed by atoms with van der Waals surface area (Å²) in [6.45, 7) is 4.73. The van der Waals surface area contributed by atoms with Crippen LogP contribution in [0.4, 0.5) is 11.6 Å². The van der Waals surface area contributed by atoms with Gasteiger partial charge in [-0.3, -0.25) is 14.5 Å². The second-order valence-electron chi connectivity index (χ2n) is 7.49. The van der Waals surface area contributed by atoms with Gasteiger partial charge in [-0.25, -0.2) is 4.68 Å². The fourth-order valence-corrected chi connectivity index (χ4v) is 3.64. The van der Waals surface area contributed by atoms with Gasteiger partial charge in [-0.1, -0.05) is 30.3 Å². The highest BCUT2D eigenvalue weighted by atomic mass is 16.2. The highest BCUT2D eigenvalue weighted by molar-refractivity contribution is 5.97. The number of nitrogens with one attached hydrogen (secondary N) is 1. The number of amides is 2. The molecule has 0 spiro atoms. The van der Waals surface area contributed by atoms with Crippen LogP contribution in [0.1, 0.15) is 31.9 Å². The average molecular weight is 404 g/mol. The van der Waals surface area contributed by atoms with Crippen LogP contribution in [0.15, 0.2) is 48.5 Å². The number of anilines is 2. The molecule has 2 amide bonds. The summed E-state index contributed by atoms with van der Waals surface area (Å²) >= 11 is 0. The molecule has 8 nitrogen and oxygen atoms in total. The van der Waals surface area contributed by atoms with Gasteiger partial charge in [0.05, 0.1) is 11.4 Å². The standard InChI is InChI=1S/C22H24N6O2/c1-15-14-21-27(26-15)13-12-16(2)28(21)22(30)11-10-20(29)23-19-9-8-18(24-25-19)17-6-4-3-5-7-17/h3-9,14,16H,10-13H2,1-2H3,(H,23,25,29). The Labute approximate surface area is 174 Å². The van der Waals surface area contributed by atoms with Gasteiger partial charge in [0.1, 0.15) is 5.82 Å². The Morgan fingerprint density at radius 2 is 1.90 bits per heavy atom. The zero-order valence-corrected chi connectivity index (χ0v) is 17.1. The predicted octanol–water partition coefficient (Wildman–Crippen LogP) is 3.19. The van der Waals surface area contributed by atoms with E-state index in [0.717, 1.165) is 35.7 Å². The van der Waals surface area contributed by atoms with Gasteiger partial charge >= 0.3 is 0 Å². The molecule has 0 aliphatic carbocycles. The van der Waals surface area contributed by atoms with Crippen LogP contribution in [0.3, 0.4) is 0 Å². The summed E-state index contributed by atoms with van der Waals surface area (Å²) in [4.78, 5) is 26.9. The Kier molecular flexibility index (Phi) is 5.56. The lowest BCUT2D eigenvalue weighted by atomic mass is 10.1. The molecular formula is C22H24N6O2. The largest absolute Gasteiger partial charge is 0.309 e. The van der Waals surface area contributed by atoms with E-state index in [-0.39, 0.29) is 30.7 Å². The molecule has 0 saturated carbocycles. The molecule has 4 rings (SSSR count). The van der Waals surface area contributed by atoms with Crippen molar-refractivity contribution >= 4 is 23.5 Å². The fraction of sp³-hybridized carbons (Fsp3) is 0.318. The zero-order chi connectivity index (χ0) is 21.1. The van der Waals surface area contributed by atoms with Gasteiger partial charge in [-0.2, -0.15) is 5.10 Å². The van der Waals surface area contributed by atoms with Crippen molar-refractivity contribution in [2.24, 2.45) is 0 Å². The van der Waals surface area contributed by atoms with Crippen molar-refractivity contribution in [1.82, 2.24) is 20.0 Å². The van der Waals surface area contributed by atoms with Crippen LogP contribution in [0, 0.1) is 6.92 Å². The van der Waals surface area contributed by atoms with Gasteiger partial charge in [-0.15, -0.1) is 10.2 Å². The number of carbonyl (C=O) groups is 2. The van der Waals surface area contributed by atoms with Gasteiger partial charge in [0.15, 0.2) is 5.82 Å². The first-order valence-electron chi connectivity index (χ1n) is 10.1. The van der Waals surface area contributed by atoms with Crippen molar-refractivity contribution in [2.45, 2.75) is 45.7 Å². The maximum absolute atomic E-state index is 12.8. The molecule has 1 aromatic carbocycles. The van der Waals surface area contributed by atoms with Crippen molar-refractivity contribution in [2.75, 3.05) is 10.2 Å². The number of carbonyl (C=O) groups excluding carboxylic acids is 2. The summed E-state index contributed by atoms with van der Waals surface area (Å²) < 4.78 is 1.86. The van der Waals surface area contributed by atoms with E-state index in [4.69, 9.17) is 0 Å². The van der Waals surface area contributed by atoms with Crippen molar-refractivity contribution in [1.29, 1.82) is 0 Å². The second-order valence-corrected chi connectivity index (χ2v) is 7.49. The van der Waals surface area contributed by atoms with E-state index in [1.807, 2.05) is 61.0 Å². The molecular weight excluding hydrogens is 380 g/mol. The lowest BCUT2D eigenvalue weighted by Gasteiger charge is -2.33. The molecule has 2 aromatic heterocycles. The summed E-state index contributed by atoms with van der Waals surface area (Å²) in [5, 5.41) is 15.4. The maximum Gasteiger partial charge on any atom is 0.228 e. The third-order valence-corrected chi connectivity index (χ3v) is 5.16. The van der Waals surface area contributed by atoms with Crippen molar-refractivity contribution < 1.29 is 9.59 Å². The van der Waals surface area contributed by atoms with E-state index >= 15 is 0 Å². The van der Waals surface area contributed by atoms with Crippen LogP contribution in [0.25, 0.3) is 11.3 Å². The Bertz CT molecular complexity index is 1050. The minimum atomic E-state index is -0.264. The first kappa shape index (κ1) is 19.8. The van der Waals surface area contributed by atoms with Gasteiger partial charge in [0.25, 0.3) is 0 Å². The Hall–Kier alpha value is -3.55. The van der Waals surface area contributed by atoms with E-state index < -0.39 is 0 Å². The summed E-state index contributed by atoms with van der Waals surface area (Å²) in [5.74, 6) is 0.828.